The molecule has 0 radical (unpaired) electrons. The topological polar surface area (TPSA) is 272 Å². The van der Waals surface area contributed by atoms with E-state index in [-0.39, 0.29) is 92.4 Å². The van der Waals surface area contributed by atoms with Crippen LogP contribution in [0.5, 0.6) is 0 Å². The van der Waals surface area contributed by atoms with Crippen molar-refractivity contribution in [1.29, 1.82) is 0 Å². The van der Waals surface area contributed by atoms with Crippen LogP contribution < -0.4 is 31.9 Å². The van der Waals surface area contributed by atoms with E-state index in [2.05, 4.69) is 58.7 Å². The lowest BCUT2D eigenvalue weighted by molar-refractivity contribution is -0.173. The first-order chi connectivity index (χ1) is 37.5. The molecule has 0 aromatic heterocycles. The monoisotopic (exact) mass is 1120 g/mol. The van der Waals surface area contributed by atoms with Crippen LogP contribution in [0.3, 0.4) is 0 Å². The summed E-state index contributed by atoms with van der Waals surface area (Å²) in [7, 11) is 1.62. The molecule has 2 saturated heterocycles. The predicted octanol–water partition coefficient (Wildman–Crippen LogP) is 5.58. The van der Waals surface area contributed by atoms with Gasteiger partial charge in [0.25, 0.3) is 0 Å². The summed E-state index contributed by atoms with van der Waals surface area (Å²) in [5.41, 5.74) is -0.957. The highest BCUT2D eigenvalue weighted by atomic mass is 16.6. The van der Waals surface area contributed by atoms with Gasteiger partial charge in [0.2, 0.25) is 35.4 Å². The van der Waals surface area contributed by atoms with Crippen molar-refractivity contribution in [2.45, 2.75) is 208 Å². The van der Waals surface area contributed by atoms with Crippen LogP contribution in [-0.4, -0.2) is 140 Å². The third-order valence-corrected chi connectivity index (χ3v) is 16.4. The number of hydrogen-bond donors (Lipinski definition) is 7. The number of benzene rings is 1. The molecule has 6 unspecified atom stereocenters. The minimum atomic E-state index is -1.15. The molecule has 7 N–H and O–H groups in total. The predicted molar refractivity (Wildman–Crippen MR) is 304 cm³/mol. The lowest BCUT2D eigenvalue weighted by Crippen LogP contribution is -2.56. The molecule has 12 atom stereocenters. The van der Waals surface area contributed by atoms with Crippen LogP contribution in [0.25, 0.3) is 0 Å². The van der Waals surface area contributed by atoms with Gasteiger partial charge < -0.3 is 56.0 Å². The number of ketones is 1. The number of aliphatic hydroxyl groups is 1. The number of carbonyl (C=O) groups is 8. The Hall–Kier alpha value is -5.24. The number of unbranched alkanes of at least 4 members (excludes halogenated alkanes) is 1. The fraction of sp³-hybridized carbons (Fsp3) is 0.738. The summed E-state index contributed by atoms with van der Waals surface area (Å²) < 4.78 is 24.4. The quantitative estimate of drug-likeness (QED) is 0.0193. The van der Waals surface area contributed by atoms with Crippen LogP contribution in [0, 0.1) is 40.4 Å². The molecule has 80 heavy (non-hydrogen) atoms. The van der Waals surface area contributed by atoms with Crippen LogP contribution >= 0.6 is 0 Å². The van der Waals surface area contributed by atoms with Crippen molar-refractivity contribution >= 4 is 47.2 Å². The highest BCUT2D eigenvalue weighted by Gasteiger charge is 2.72. The number of aliphatic hydroxyl groups excluding tert-OH is 1. The van der Waals surface area contributed by atoms with Crippen molar-refractivity contribution in [2.24, 2.45) is 40.4 Å². The van der Waals surface area contributed by atoms with Gasteiger partial charge in [-0.1, -0.05) is 104 Å². The van der Waals surface area contributed by atoms with Crippen LogP contribution in [0.15, 0.2) is 42.0 Å². The molecule has 1 aromatic carbocycles. The first-order valence-corrected chi connectivity index (χ1v) is 29.1. The second kappa shape index (κ2) is 30.2. The number of carbonyl (C=O) groups excluding carboxylic acids is 8. The molecule has 3 fully saturated rings. The Bertz CT molecular complexity index is 2300. The van der Waals surface area contributed by atoms with Gasteiger partial charge in [-0.25, -0.2) is 0 Å². The standard InChI is InChI=1S/C61H98N6O13/c1-37(2)23-24-48-60(13,80-48)53-52(77-14)47(25-26-61(53)36-78-61)79-51(72)30-44(42(10)69)22-18-19-27-62-49(70)33-63-54(73)45(28-38(3)4)67-55(74)46(29-43-20-16-15-17-21-43)66-50(71)34-65-57(76)59(12,40(7)8)35-58(11,31-39(5)6)56(75)64-32-41(9)68/h15-17,20-21,23,38-41,44-48,52-53,68H,18-19,22,24-36H2,1-14H3,(H,62,70)(H,63,73)(H,64,75)(H,65,76)(H,66,71)(H,67,74)/t41?,44-,45-,46-,47?,48+,52?,53?,58?,59?,60+,61-/m0/s1. The minimum absolute atomic E-state index is 0.0120. The second-order valence-electron chi connectivity index (χ2n) is 25.1. The molecule has 1 aliphatic carbocycles. The number of rotatable bonds is 34. The number of epoxide rings is 2. The van der Waals surface area contributed by atoms with Gasteiger partial charge in [0.1, 0.15) is 41.3 Å². The van der Waals surface area contributed by atoms with Crippen LogP contribution in [0.1, 0.15) is 160 Å². The maximum Gasteiger partial charge on any atom is 0.306 e. The Morgan fingerprint density at radius 2 is 1.49 bits per heavy atom. The zero-order chi connectivity index (χ0) is 59.8. The molecule has 19 nitrogen and oxygen atoms in total. The lowest BCUT2D eigenvalue weighted by atomic mass is 9.64. The number of nitrogens with one attached hydrogen (secondary N) is 6. The average molecular weight is 1120 g/mol. The number of methoxy groups -OCH3 is 1. The van der Waals surface area contributed by atoms with Crippen molar-refractivity contribution in [3.63, 3.8) is 0 Å². The fourth-order valence-corrected chi connectivity index (χ4v) is 11.6. The van der Waals surface area contributed by atoms with E-state index in [1.807, 2.05) is 54.5 Å². The molecular formula is C61H98N6O13. The molecule has 19 heteroatoms. The number of esters is 1. The molecule has 1 spiro atoms. The molecule has 1 saturated carbocycles. The summed E-state index contributed by atoms with van der Waals surface area (Å²) in [6, 6.07) is 6.82. The summed E-state index contributed by atoms with van der Waals surface area (Å²) in [5.74, 6) is -4.51. The van der Waals surface area contributed by atoms with Crippen molar-refractivity contribution in [3.05, 3.63) is 47.5 Å². The minimum Gasteiger partial charge on any atom is -0.460 e. The lowest BCUT2D eigenvalue weighted by Gasteiger charge is -2.42. The maximum atomic E-state index is 14.1. The Labute approximate surface area is 476 Å². The molecule has 3 aliphatic rings. The third kappa shape index (κ3) is 19.7. The highest BCUT2D eigenvalue weighted by Crippen LogP contribution is 2.59. The van der Waals surface area contributed by atoms with Gasteiger partial charge in [-0.2, -0.15) is 0 Å². The van der Waals surface area contributed by atoms with Crippen LogP contribution in [-0.2, 0) is 63.7 Å². The van der Waals surface area contributed by atoms with Gasteiger partial charge >= 0.3 is 5.97 Å². The second-order valence-corrected chi connectivity index (χ2v) is 25.1. The normalized spacial score (nSPS) is 24.2. The van der Waals surface area contributed by atoms with Crippen molar-refractivity contribution in [2.75, 3.05) is 39.9 Å². The van der Waals surface area contributed by atoms with Crippen molar-refractivity contribution < 1.29 is 62.4 Å². The van der Waals surface area contributed by atoms with E-state index >= 15 is 0 Å². The van der Waals surface area contributed by atoms with Gasteiger partial charge in [0.05, 0.1) is 44.2 Å². The first-order valence-electron chi connectivity index (χ1n) is 29.1. The molecule has 4 rings (SSSR count). The molecule has 6 amide bonds. The van der Waals surface area contributed by atoms with Gasteiger partial charge in [-0.3, -0.25) is 38.4 Å². The van der Waals surface area contributed by atoms with Crippen molar-refractivity contribution in [1.82, 2.24) is 31.9 Å². The summed E-state index contributed by atoms with van der Waals surface area (Å²) in [4.78, 5) is 108. The molecule has 0 bridgehead atoms. The Morgan fingerprint density at radius 1 is 0.825 bits per heavy atom. The molecule has 2 heterocycles. The zero-order valence-electron chi connectivity index (χ0n) is 50.5. The third-order valence-electron chi connectivity index (χ3n) is 16.4. The number of ether oxygens (including phenoxy) is 4. The molecule has 450 valence electrons. The highest BCUT2D eigenvalue weighted by molar-refractivity contribution is 5.95. The molecular weight excluding hydrogens is 1020 g/mol. The number of amides is 6. The Kier molecular flexibility index (Phi) is 25.4. The molecule has 1 aromatic rings. The summed E-state index contributed by atoms with van der Waals surface area (Å²) in [6.45, 7) is 24.5. The summed E-state index contributed by atoms with van der Waals surface area (Å²) >= 11 is 0. The van der Waals surface area contributed by atoms with E-state index in [0.717, 1.165) is 12.0 Å². The number of hydrogen-bond acceptors (Lipinski definition) is 13. The first kappa shape index (κ1) is 67.3. The summed E-state index contributed by atoms with van der Waals surface area (Å²) in [6.07, 6.45) is 4.86. The SMILES string of the molecule is COC1C(OC(=O)C[C@H](CCCCNC(=O)CNC(=O)[C@H](CC(C)C)NC(=O)[C@H](Cc2ccccc2)NC(=O)CNC(=O)C(C)(CC(C)(CC(C)C)C(=O)NCC(C)O)C(C)C)C(C)=O)CC[C@]2(CO2)C1[C@]1(C)O[C@@H]1CC=C(C)C. The van der Waals surface area contributed by atoms with E-state index < -0.39 is 94.8 Å². The van der Waals surface area contributed by atoms with Crippen molar-refractivity contribution in [3.8, 4) is 0 Å². The molecule has 2 aliphatic heterocycles. The fourth-order valence-electron chi connectivity index (χ4n) is 11.6. The smallest absolute Gasteiger partial charge is 0.306 e. The van der Waals surface area contributed by atoms with E-state index in [0.29, 0.717) is 45.1 Å². The zero-order valence-corrected chi connectivity index (χ0v) is 50.5. The number of Topliss-reactive ketones (excluding diaryl/α,β-unsaturated/α-hetero) is 1. The summed E-state index contributed by atoms with van der Waals surface area (Å²) in [5, 5.41) is 26.4. The maximum absolute atomic E-state index is 14.1. The van der Waals surface area contributed by atoms with Crippen LogP contribution in [0.2, 0.25) is 0 Å². The van der Waals surface area contributed by atoms with Gasteiger partial charge in [-0.15, -0.1) is 0 Å². The Morgan fingerprint density at radius 3 is 2.06 bits per heavy atom. The van der Waals surface area contributed by atoms with Gasteiger partial charge in [0.15, 0.2) is 0 Å². The van der Waals surface area contributed by atoms with Gasteiger partial charge in [0, 0.05) is 43.4 Å². The largest absolute Gasteiger partial charge is 0.460 e. The van der Waals surface area contributed by atoms with E-state index in [9.17, 15) is 43.5 Å². The van der Waals surface area contributed by atoms with Crippen LogP contribution in [0.4, 0.5) is 0 Å². The van der Waals surface area contributed by atoms with E-state index in [1.54, 1.807) is 45.2 Å². The Balaban J connectivity index is 1.28. The van der Waals surface area contributed by atoms with E-state index in [1.165, 1.54) is 12.5 Å². The van der Waals surface area contributed by atoms with Gasteiger partial charge in [-0.05, 0) is 109 Å². The van der Waals surface area contributed by atoms with E-state index in [4.69, 9.17) is 18.9 Å². The average Bonchev–Trinajstić information content (AvgIpc) is 4.30. The number of allylic oxidation sites excluding steroid dienone is 1.